The number of halogens is 2. The number of amides is 1. The van der Waals surface area contributed by atoms with Gasteiger partial charge in [-0.2, -0.15) is 0 Å². The van der Waals surface area contributed by atoms with Crippen LogP contribution < -0.4 is 5.32 Å². The Bertz CT molecular complexity index is 765. The molecule has 1 fully saturated rings. The second kappa shape index (κ2) is 7.96. The summed E-state index contributed by atoms with van der Waals surface area (Å²) in [6, 6.07) is 11.1. The second-order valence-electron chi connectivity index (χ2n) is 6.90. The molecule has 1 amide bonds. The Labute approximate surface area is 152 Å². The Balaban J connectivity index is 1.79. The fourth-order valence-corrected chi connectivity index (χ4v) is 3.89. The van der Waals surface area contributed by atoms with E-state index < -0.39 is 17.0 Å². The second-order valence-corrected chi connectivity index (χ2v) is 6.90. The summed E-state index contributed by atoms with van der Waals surface area (Å²) in [6.07, 6.45) is 3.11. The lowest BCUT2D eigenvalue weighted by Gasteiger charge is -2.30. The number of nitrogens with one attached hydrogen (secondary N) is 1. The van der Waals surface area contributed by atoms with E-state index in [4.69, 9.17) is 4.74 Å². The third-order valence-electron chi connectivity index (χ3n) is 5.14. The first kappa shape index (κ1) is 18.5. The van der Waals surface area contributed by atoms with Crippen molar-refractivity contribution in [1.29, 1.82) is 0 Å². The first-order chi connectivity index (χ1) is 12.6. The minimum Gasteiger partial charge on any atom is -0.380 e. The van der Waals surface area contributed by atoms with Crippen molar-refractivity contribution in [2.75, 3.05) is 13.7 Å². The lowest BCUT2D eigenvalue weighted by molar-refractivity contribution is 0.0941. The van der Waals surface area contributed by atoms with E-state index in [0.29, 0.717) is 25.0 Å². The number of benzene rings is 2. The number of ether oxygens (including phenoxy) is 1. The molecule has 1 aliphatic carbocycles. The highest BCUT2D eigenvalue weighted by atomic mass is 19.1. The van der Waals surface area contributed by atoms with E-state index in [2.05, 4.69) is 5.32 Å². The molecule has 2 aromatic carbocycles. The van der Waals surface area contributed by atoms with Crippen LogP contribution in [0.2, 0.25) is 0 Å². The number of carbonyl (C=O) groups excluding carboxylic acids is 1. The number of rotatable bonds is 6. The van der Waals surface area contributed by atoms with Crippen LogP contribution in [0.25, 0.3) is 0 Å². The molecular formula is C21H23F2NO2. The van der Waals surface area contributed by atoms with Gasteiger partial charge in [0.1, 0.15) is 11.6 Å². The molecule has 0 atom stereocenters. The molecule has 0 unspecified atom stereocenters. The molecule has 0 spiro atoms. The SMILES string of the molecule is COCc1cccc(C(=O)NCC2(c3c(F)cccc3F)CCCC2)c1. The van der Waals surface area contributed by atoms with Crippen molar-refractivity contribution < 1.29 is 18.3 Å². The summed E-state index contributed by atoms with van der Waals surface area (Å²) >= 11 is 0. The van der Waals surface area contributed by atoms with Crippen molar-refractivity contribution in [3.63, 3.8) is 0 Å². The largest absolute Gasteiger partial charge is 0.380 e. The van der Waals surface area contributed by atoms with Gasteiger partial charge in [0.25, 0.3) is 5.91 Å². The summed E-state index contributed by atoms with van der Waals surface area (Å²) in [4.78, 5) is 12.6. The Morgan fingerprint density at radius 2 is 1.77 bits per heavy atom. The molecule has 1 N–H and O–H groups in total. The summed E-state index contributed by atoms with van der Waals surface area (Å²) in [6.45, 7) is 0.643. The van der Waals surface area contributed by atoms with Crippen LogP contribution in [0.15, 0.2) is 42.5 Å². The summed E-state index contributed by atoms with van der Waals surface area (Å²) in [5.41, 5.74) is 0.832. The fraction of sp³-hybridized carbons (Fsp3) is 0.381. The Morgan fingerprint density at radius 1 is 1.12 bits per heavy atom. The van der Waals surface area contributed by atoms with Gasteiger partial charge in [0.2, 0.25) is 0 Å². The predicted octanol–water partition coefficient (Wildman–Crippen LogP) is 4.35. The molecule has 0 bridgehead atoms. The molecule has 1 saturated carbocycles. The van der Waals surface area contributed by atoms with Gasteiger partial charge in [-0.15, -0.1) is 0 Å². The van der Waals surface area contributed by atoms with E-state index in [1.54, 1.807) is 25.3 Å². The maximum Gasteiger partial charge on any atom is 0.251 e. The first-order valence-corrected chi connectivity index (χ1v) is 8.86. The van der Waals surface area contributed by atoms with Crippen LogP contribution in [0, 0.1) is 11.6 Å². The van der Waals surface area contributed by atoms with Gasteiger partial charge >= 0.3 is 0 Å². The summed E-state index contributed by atoms with van der Waals surface area (Å²) in [7, 11) is 1.60. The lowest BCUT2D eigenvalue weighted by atomic mass is 9.78. The number of carbonyl (C=O) groups is 1. The molecule has 26 heavy (non-hydrogen) atoms. The van der Waals surface area contributed by atoms with Crippen molar-refractivity contribution in [3.05, 3.63) is 70.8 Å². The molecule has 138 valence electrons. The smallest absolute Gasteiger partial charge is 0.251 e. The molecule has 0 aliphatic heterocycles. The molecule has 1 aliphatic rings. The van der Waals surface area contributed by atoms with Crippen LogP contribution in [-0.4, -0.2) is 19.6 Å². The Kier molecular flexibility index (Phi) is 5.67. The van der Waals surface area contributed by atoms with E-state index >= 15 is 0 Å². The summed E-state index contributed by atoms with van der Waals surface area (Å²) in [5.74, 6) is -1.32. The van der Waals surface area contributed by atoms with Crippen molar-refractivity contribution in [1.82, 2.24) is 5.32 Å². The van der Waals surface area contributed by atoms with Crippen LogP contribution in [0.1, 0.15) is 47.2 Å². The minimum absolute atomic E-state index is 0.103. The first-order valence-electron chi connectivity index (χ1n) is 8.86. The van der Waals surface area contributed by atoms with Gasteiger partial charge in [0.15, 0.2) is 0 Å². The molecule has 0 aromatic heterocycles. The van der Waals surface area contributed by atoms with Crippen molar-refractivity contribution in [2.24, 2.45) is 0 Å². The molecule has 0 saturated heterocycles. The molecule has 0 heterocycles. The van der Waals surface area contributed by atoms with Gasteiger partial charge < -0.3 is 10.1 Å². The normalized spacial score (nSPS) is 15.8. The average Bonchev–Trinajstić information content (AvgIpc) is 3.10. The van der Waals surface area contributed by atoms with E-state index in [0.717, 1.165) is 18.4 Å². The number of hydrogen-bond donors (Lipinski definition) is 1. The Hall–Kier alpha value is -2.27. The molecule has 0 radical (unpaired) electrons. The van der Waals surface area contributed by atoms with E-state index in [1.165, 1.54) is 18.2 Å². The van der Waals surface area contributed by atoms with E-state index in [-0.39, 0.29) is 18.0 Å². The topological polar surface area (TPSA) is 38.3 Å². The molecule has 3 nitrogen and oxygen atoms in total. The predicted molar refractivity (Wildman–Crippen MR) is 96.0 cm³/mol. The zero-order valence-corrected chi connectivity index (χ0v) is 14.9. The van der Waals surface area contributed by atoms with Gasteiger partial charge in [-0.1, -0.05) is 31.0 Å². The Morgan fingerprint density at radius 3 is 2.42 bits per heavy atom. The van der Waals surface area contributed by atoms with Gasteiger partial charge in [0, 0.05) is 30.2 Å². The highest BCUT2D eigenvalue weighted by molar-refractivity contribution is 5.94. The standard InChI is InChI=1S/C21H23F2NO2/c1-26-13-15-6-4-7-16(12-15)20(25)24-14-21(10-2-3-11-21)19-17(22)8-5-9-18(19)23/h4-9,12H,2-3,10-11,13-14H2,1H3,(H,24,25). The third kappa shape index (κ3) is 3.78. The highest BCUT2D eigenvalue weighted by Crippen LogP contribution is 2.42. The molecule has 2 aromatic rings. The van der Waals surface area contributed by atoms with Crippen LogP contribution in [0.5, 0.6) is 0 Å². The molecular weight excluding hydrogens is 336 g/mol. The zero-order valence-electron chi connectivity index (χ0n) is 14.9. The summed E-state index contributed by atoms with van der Waals surface area (Å²) < 4.78 is 33.8. The van der Waals surface area contributed by atoms with Crippen molar-refractivity contribution in [2.45, 2.75) is 37.7 Å². The van der Waals surface area contributed by atoms with Gasteiger partial charge in [0.05, 0.1) is 6.61 Å². The fourth-order valence-electron chi connectivity index (χ4n) is 3.89. The maximum absolute atomic E-state index is 14.4. The van der Waals surface area contributed by atoms with Crippen LogP contribution in [0.4, 0.5) is 8.78 Å². The van der Waals surface area contributed by atoms with Gasteiger partial charge in [-0.25, -0.2) is 8.78 Å². The van der Waals surface area contributed by atoms with Crippen molar-refractivity contribution in [3.8, 4) is 0 Å². The number of methoxy groups -OCH3 is 1. The van der Waals surface area contributed by atoms with E-state index in [1.807, 2.05) is 6.07 Å². The monoisotopic (exact) mass is 359 g/mol. The van der Waals surface area contributed by atoms with Crippen LogP contribution >= 0.6 is 0 Å². The highest BCUT2D eigenvalue weighted by Gasteiger charge is 2.40. The molecule has 3 rings (SSSR count). The van der Waals surface area contributed by atoms with Gasteiger partial charge in [-0.05, 0) is 42.7 Å². The third-order valence-corrected chi connectivity index (χ3v) is 5.14. The summed E-state index contributed by atoms with van der Waals surface area (Å²) in [5, 5.41) is 2.89. The molecule has 5 heteroatoms. The van der Waals surface area contributed by atoms with E-state index in [9.17, 15) is 13.6 Å². The average molecular weight is 359 g/mol. The maximum atomic E-state index is 14.4. The quantitative estimate of drug-likeness (QED) is 0.833. The van der Waals surface area contributed by atoms with Crippen LogP contribution in [0.3, 0.4) is 0 Å². The lowest BCUT2D eigenvalue weighted by Crippen LogP contribution is -2.40. The van der Waals surface area contributed by atoms with Gasteiger partial charge in [-0.3, -0.25) is 4.79 Å². The van der Waals surface area contributed by atoms with Crippen molar-refractivity contribution >= 4 is 5.91 Å². The number of hydrogen-bond acceptors (Lipinski definition) is 2. The minimum atomic E-state index is -0.685. The zero-order chi connectivity index (χ0) is 18.6. The van der Waals surface area contributed by atoms with Crippen LogP contribution in [-0.2, 0) is 16.8 Å².